The molecule has 1 saturated carbocycles. The van der Waals surface area contributed by atoms with Crippen molar-refractivity contribution in [3.8, 4) is 0 Å². The number of carbonyl (C=O) groups excluding carboxylic acids is 1. The Bertz CT molecular complexity index is 593. The SMILES string of the molecule is CCOC(=O)C(=[N+]=[N-])C1(NS(=O)(=O)C(C)(C)C)CCCCCCC1. The van der Waals surface area contributed by atoms with Crippen molar-refractivity contribution >= 4 is 21.7 Å². The fourth-order valence-electron chi connectivity index (χ4n) is 2.84. The molecule has 1 aliphatic rings. The summed E-state index contributed by atoms with van der Waals surface area (Å²) in [6.07, 6.45) is 5.26. The van der Waals surface area contributed by atoms with Gasteiger partial charge in [-0.1, -0.05) is 32.1 Å². The highest BCUT2D eigenvalue weighted by Crippen LogP contribution is 2.30. The average Bonchev–Trinajstić information content (AvgIpc) is 2.42. The Balaban J connectivity index is 3.34. The lowest BCUT2D eigenvalue weighted by atomic mass is 9.81. The molecule has 0 aliphatic heterocycles. The molecule has 24 heavy (non-hydrogen) atoms. The first-order valence-corrected chi connectivity index (χ1v) is 10.0. The van der Waals surface area contributed by atoms with Crippen molar-refractivity contribution in [3.05, 3.63) is 5.53 Å². The summed E-state index contributed by atoms with van der Waals surface area (Å²) in [5, 5.41) is 0. The molecular weight excluding hydrogens is 330 g/mol. The Labute approximate surface area is 144 Å². The third-order valence-corrected chi connectivity index (χ3v) is 6.64. The van der Waals surface area contributed by atoms with Crippen LogP contribution in [0, 0.1) is 0 Å². The monoisotopic (exact) mass is 359 g/mol. The number of esters is 1. The number of nitrogens with one attached hydrogen (secondary N) is 1. The lowest BCUT2D eigenvalue weighted by Gasteiger charge is -2.34. The summed E-state index contributed by atoms with van der Waals surface area (Å²) in [5.41, 5.74) is 7.98. The van der Waals surface area contributed by atoms with Gasteiger partial charge in [-0.3, -0.25) is 0 Å². The Kier molecular flexibility index (Phi) is 7.13. The maximum absolute atomic E-state index is 12.7. The average molecular weight is 359 g/mol. The molecule has 1 N–H and O–H groups in total. The van der Waals surface area contributed by atoms with Gasteiger partial charge in [0.2, 0.25) is 10.0 Å². The minimum absolute atomic E-state index is 0.125. The van der Waals surface area contributed by atoms with E-state index in [4.69, 9.17) is 4.74 Å². The lowest BCUT2D eigenvalue weighted by Crippen LogP contribution is -2.60. The third-order valence-electron chi connectivity index (χ3n) is 4.37. The smallest absolute Gasteiger partial charge is 0.419 e. The number of hydrogen-bond acceptors (Lipinski definition) is 4. The number of carbonyl (C=O) groups is 1. The zero-order valence-electron chi connectivity index (χ0n) is 15.1. The van der Waals surface area contributed by atoms with Crippen LogP contribution in [0.15, 0.2) is 0 Å². The molecule has 0 atom stereocenters. The van der Waals surface area contributed by atoms with Crippen LogP contribution in [0.4, 0.5) is 0 Å². The summed E-state index contributed by atoms with van der Waals surface area (Å²) in [7, 11) is -3.74. The fraction of sp³-hybridized carbons (Fsp3) is 0.875. The molecule has 0 aromatic rings. The van der Waals surface area contributed by atoms with Crippen molar-refractivity contribution in [1.82, 2.24) is 4.72 Å². The number of rotatable bonds is 5. The predicted octanol–water partition coefficient (Wildman–Crippen LogP) is 2.42. The zero-order valence-corrected chi connectivity index (χ0v) is 15.9. The van der Waals surface area contributed by atoms with E-state index in [2.05, 4.69) is 9.51 Å². The van der Waals surface area contributed by atoms with E-state index in [9.17, 15) is 18.7 Å². The van der Waals surface area contributed by atoms with Gasteiger partial charge < -0.3 is 10.3 Å². The van der Waals surface area contributed by atoms with Gasteiger partial charge in [-0.05, 0) is 40.5 Å². The molecule has 0 bridgehead atoms. The van der Waals surface area contributed by atoms with Crippen molar-refractivity contribution in [1.29, 1.82) is 0 Å². The maximum atomic E-state index is 12.7. The lowest BCUT2D eigenvalue weighted by molar-refractivity contribution is -0.141. The molecule has 0 aromatic heterocycles. The van der Waals surface area contributed by atoms with Crippen LogP contribution in [-0.2, 0) is 19.6 Å². The Morgan fingerprint density at radius 2 is 1.67 bits per heavy atom. The van der Waals surface area contributed by atoms with Crippen molar-refractivity contribution < 1.29 is 22.7 Å². The normalized spacial score (nSPS) is 18.8. The Morgan fingerprint density at radius 1 is 1.17 bits per heavy atom. The number of sulfonamides is 1. The minimum Gasteiger partial charge on any atom is -0.457 e. The summed E-state index contributed by atoms with van der Waals surface area (Å²) >= 11 is 0. The highest BCUT2D eigenvalue weighted by Gasteiger charge is 2.51. The van der Waals surface area contributed by atoms with Crippen LogP contribution >= 0.6 is 0 Å². The van der Waals surface area contributed by atoms with Crippen molar-refractivity contribution in [3.63, 3.8) is 0 Å². The van der Waals surface area contributed by atoms with Crippen LogP contribution in [-0.4, -0.2) is 41.8 Å². The van der Waals surface area contributed by atoms with Crippen LogP contribution in [0.2, 0.25) is 0 Å². The molecule has 0 radical (unpaired) electrons. The number of ether oxygens (including phenoxy) is 1. The van der Waals surface area contributed by atoms with Crippen LogP contribution in [0.5, 0.6) is 0 Å². The van der Waals surface area contributed by atoms with E-state index in [1.165, 1.54) is 0 Å². The molecule has 8 heteroatoms. The molecule has 0 saturated heterocycles. The molecule has 138 valence electrons. The van der Waals surface area contributed by atoms with Crippen molar-refractivity contribution in [2.24, 2.45) is 0 Å². The quantitative estimate of drug-likeness (QED) is 0.352. The number of nitrogens with zero attached hydrogens (tertiary/aromatic N) is 2. The maximum Gasteiger partial charge on any atom is 0.419 e. The second-order valence-corrected chi connectivity index (χ2v) is 9.67. The number of hydrogen-bond donors (Lipinski definition) is 1. The van der Waals surface area contributed by atoms with Crippen LogP contribution in [0.25, 0.3) is 5.53 Å². The molecule has 0 unspecified atom stereocenters. The summed E-state index contributed by atoms with van der Waals surface area (Å²) < 4.78 is 32.1. The summed E-state index contributed by atoms with van der Waals surface area (Å²) in [4.78, 5) is 15.4. The van der Waals surface area contributed by atoms with Gasteiger partial charge in [0.1, 0.15) is 5.54 Å². The third kappa shape index (κ3) is 4.88. The van der Waals surface area contributed by atoms with Crippen LogP contribution in [0.3, 0.4) is 0 Å². The van der Waals surface area contributed by atoms with E-state index in [0.717, 1.165) is 32.1 Å². The highest BCUT2D eigenvalue weighted by atomic mass is 32.2. The van der Waals surface area contributed by atoms with Crippen molar-refractivity contribution in [2.45, 2.75) is 82.9 Å². The molecule has 0 heterocycles. The van der Waals surface area contributed by atoms with Gasteiger partial charge in [0, 0.05) is 0 Å². The molecule has 1 rings (SSSR count). The van der Waals surface area contributed by atoms with E-state index >= 15 is 0 Å². The first kappa shape index (κ1) is 20.8. The molecular formula is C16H29N3O4S. The fourth-order valence-corrected chi connectivity index (χ4v) is 3.96. The first-order chi connectivity index (χ1) is 11.1. The summed E-state index contributed by atoms with van der Waals surface area (Å²) in [5.74, 6) is -0.780. The molecule has 0 amide bonds. The second-order valence-electron chi connectivity index (χ2n) is 7.24. The summed E-state index contributed by atoms with van der Waals surface area (Å²) in [6.45, 7) is 6.54. The first-order valence-electron chi connectivity index (χ1n) is 8.53. The molecule has 7 nitrogen and oxygen atoms in total. The van der Waals surface area contributed by atoms with Gasteiger partial charge in [-0.15, -0.1) is 0 Å². The molecule has 0 aromatic carbocycles. The van der Waals surface area contributed by atoms with E-state index in [1.54, 1.807) is 27.7 Å². The highest BCUT2D eigenvalue weighted by molar-refractivity contribution is 7.90. The predicted molar refractivity (Wildman–Crippen MR) is 92.1 cm³/mol. The van der Waals surface area contributed by atoms with Gasteiger partial charge in [0.05, 0.1) is 11.4 Å². The largest absolute Gasteiger partial charge is 0.457 e. The standard InChI is InChI=1S/C16H29N3O4S/c1-5-23-14(20)13(18-17)16(11-9-7-6-8-10-12-16)19-24(21,22)15(2,3)4/h19H,5-12H2,1-4H3. The van der Waals surface area contributed by atoms with Crippen LogP contribution < -0.4 is 4.72 Å². The second kappa shape index (κ2) is 8.23. The molecule has 0 spiro atoms. The summed E-state index contributed by atoms with van der Waals surface area (Å²) in [6, 6.07) is 0. The van der Waals surface area contributed by atoms with Gasteiger partial charge in [0.15, 0.2) is 0 Å². The topological polar surface area (TPSA) is 109 Å². The van der Waals surface area contributed by atoms with E-state index < -0.39 is 26.3 Å². The minimum atomic E-state index is -3.74. The Hall–Kier alpha value is -1.24. The Morgan fingerprint density at radius 3 is 2.08 bits per heavy atom. The zero-order chi connectivity index (χ0) is 18.4. The molecule has 1 fully saturated rings. The molecule has 1 aliphatic carbocycles. The van der Waals surface area contributed by atoms with Gasteiger partial charge in [-0.25, -0.2) is 13.2 Å². The van der Waals surface area contributed by atoms with Crippen LogP contribution in [0.1, 0.15) is 72.6 Å². The van der Waals surface area contributed by atoms with Crippen molar-refractivity contribution in [2.75, 3.05) is 6.61 Å². The van der Waals surface area contributed by atoms with Gasteiger partial charge in [-0.2, -0.15) is 9.51 Å². The van der Waals surface area contributed by atoms with Gasteiger partial charge >= 0.3 is 11.7 Å². The van der Waals surface area contributed by atoms with E-state index in [0.29, 0.717) is 12.8 Å². The van der Waals surface area contributed by atoms with E-state index in [1.807, 2.05) is 0 Å². The van der Waals surface area contributed by atoms with Gasteiger partial charge in [0.25, 0.3) is 0 Å². The van der Waals surface area contributed by atoms with E-state index in [-0.39, 0.29) is 12.3 Å².